The standard InChI is InChI=1S/C26H29N2S.C20H16FN2S.C20H17N2S.C14H13N2S/c1-16(2)19-12-9-13-20(17(3)4)25(19)26-27-22-14-23(28(6)15-24(22)29-26)21-11-8-7-10-18(21)5;1-13-5-3-4-6-16(13)18-11-17-19(12-23(18)2)24-20(22-17)14-7-9-15(21)10-8-14;1-14-8-6-7-11-16(14)18-12-17-19(13-22(18)2)23-20(21-17)15-9-4-3-5-10-15;1-10-5-3-4-6-11(10)13-7-14-12(8-16(13)2)15-9-17-14/h7-17H,1-6H3;3-12H,1-2H3;3-13H,1-2H3;3-9H,1-2H3/q4*+1. The van der Waals surface area contributed by atoms with Crippen LogP contribution in [0.3, 0.4) is 0 Å². The second-order valence-corrected chi connectivity index (χ2v) is 28.2. The molecule has 0 atom stereocenters. The smallest absolute Gasteiger partial charge is 0.214 e. The van der Waals surface area contributed by atoms with Crippen LogP contribution in [-0.2, 0) is 28.2 Å². The van der Waals surface area contributed by atoms with E-state index < -0.39 is 0 Å². The van der Waals surface area contributed by atoms with Gasteiger partial charge in [-0.25, -0.2) is 24.3 Å². The molecule has 0 aliphatic carbocycles. The van der Waals surface area contributed by atoms with Crippen LogP contribution in [0, 0.1) is 33.5 Å². The topological polar surface area (TPSA) is 67.1 Å². The highest BCUT2D eigenvalue weighted by Gasteiger charge is 2.24. The van der Waals surface area contributed by atoms with E-state index >= 15 is 0 Å². The number of benzene rings is 7. The van der Waals surface area contributed by atoms with E-state index in [2.05, 4.69) is 289 Å². The molecule has 93 heavy (non-hydrogen) atoms. The second-order valence-electron chi connectivity index (χ2n) is 24.2. The summed E-state index contributed by atoms with van der Waals surface area (Å²) in [4.78, 5) is 19.1. The van der Waals surface area contributed by atoms with Crippen LogP contribution < -0.4 is 18.3 Å². The summed E-state index contributed by atoms with van der Waals surface area (Å²) in [5, 5.41) is 3.12. The Morgan fingerprint density at radius 3 is 1.12 bits per heavy atom. The Bertz CT molecular complexity index is 5150. The molecule has 0 saturated carbocycles. The number of aryl methyl sites for hydroxylation is 8. The molecule has 0 N–H and O–H groups in total. The Morgan fingerprint density at radius 1 is 0.355 bits per heavy atom. The molecule has 8 heterocycles. The molecule has 0 unspecified atom stereocenters. The Morgan fingerprint density at radius 2 is 0.710 bits per heavy atom. The summed E-state index contributed by atoms with van der Waals surface area (Å²) in [6.45, 7) is 17.7. The quantitative estimate of drug-likeness (QED) is 0.135. The van der Waals surface area contributed by atoms with Gasteiger partial charge in [0.15, 0.2) is 24.8 Å². The van der Waals surface area contributed by atoms with Gasteiger partial charge < -0.3 is 0 Å². The molecule has 462 valence electrons. The number of fused-ring (bicyclic) bond motifs is 4. The van der Waals surface area contributed by atoms with E-state index in [-0.39, 0.29) is 5.82 Å². The van der Waals surface area contributed by atoms with Gasteiger partial charge in [0.1, 0.15) is 68.6 Å². The van der Waals surface area contributed by atoms with Gasteiger partial charge >= 0.3 is 0 Å². The van der Waals surface area contributed by atoms with E-state index in [9.17, 15) is 4.39 Å². The highest BCUT2D eigenvalue weighted by molar-refractivity contribution is 7.22. The first-order valence-corrected chi connectivity index (χ1v) is 34.6. The zero-order valence-electron chi connectivity index (χ0n) is 54.6. The molecule has 8 nitrogen and oxygen atoms in total. The fraction of sp³-hybridized carbons (Fsp3) is 0.175. The van der Waals surface area contributed by atoms with Gasteiger partial charge in [-0.2, -0.15) is 18.3 Å². The third-order valence-electron chi connectivity index (χ3n) is 16.9. The van der Waals surface area contributed by atoms with Crippen LogP contribution in [-0.4, -0.2) is 19.9 Å². The van der Waals surface area contributed by atoms with Crippen LogP contribution in [0.15, 0.2) is 224 Å². The van der Waals surface area contributed by atoms with Crippen LogP contribution in [0.25, 0.3) is 118 Å². The molecule has 0 fully saturated rings. The molecular weight excluding hydrogens is 1220 g/mol. The van der Waals surface area contributed by atoms with Crippen molar-refractivity contribution in [2.24, 2.45) is 28.2 Å². The number of rotatable bonds is 9. The average Bonchev–Trinajstić information content (AvgIpc) is 1.68. The maximum atomic E-state index is 13.1. The lowest BCUT2D eigenvalue weighted by Crippen LogP contribution is -2.30. The van der Waals surface area contributed by atoms with Crippen LogP contribution in [0.2, 0.25) is 0 Å². The highest BCUT2D eigenvalue weighted by atomic mass is 32.1. The van der Waals surface area contributed by atoms with Gasteiger partial charge in [-0.05, 0) is 121 Å². The van der Waals surface area contributed by atoms with Crippen molar-refractivity contribution in [3.8, 4) is 76.7 Å². The lowest BCUT2D eigenvalue weighted by Gasteiger charge is -2.17. The summed E-state index contributed by atoms with van der Waals surface area (Å²) in [5.41, 5.74) is 27.2. The van der Waals surface area contributed by atoms with Gasteiger partial charge in [-0.1, -0.05) is 149 Å². The van der Waals surface area contributed by atoms with Crippen LogP contribution in [0.5, 0.6) is 0 Å². The molecule has 0 radical (unpaired) electrons. The minimum Gasteiger partial charge on any atom is -0.238 e. The Kier molecular flexibility index (Phi) is 19.1. The summed E-state index contributed by atoms with van der Waals surface area (Å²) in [5.74, 6) is 0.705. The summed E-state index contributed by atoms with van der Waals surface area (Å²) < 4.78 is 26.6. The van der Waals surface area contributed by atoms with Crippen molar-refractivity contribution in [3.63, 3.8) is 0 Å². The van der Waals surface area contributed by atoms with Crippen LogP contribution in [0.4, 0.5) is 4.39 Å². The van der Waals surface area contributed by atoms with E-state index in [0.29, 0.717) is 11.8 Å². The molecule has 0 saturated heterocycles. The molecule has 8 aromatic heterocycles. The van der Waals surface area contributed by atoms with E-state index in [1.807, 2.05) is 17.6 Å². The first-order valence-electron chi connectivity index (χ1n) is 31.3. The third-order valence-corrected chi connectivity index (χ3v) is 20.8. The van der Waals surface area contributed by atoms with Gasteiger partial charge in [-0.3, -0.25) is 0 Å². The minimum atomic E-state index is -0.229. The lowest BCUT2D eigenvalue weighted by atomic mass is 9.89. The molecule has 0 aliphatic heterocycles. The molecule has 0 bridgehead atoms. The first kappa shape index (κ1) is 63.8. The zero-order valence-corrected chi connectivity index (χ0v) is 57.9. The molecule has 15 rings (SSSR count). The maximum Gasteiger partial charge on any atom is 0.214 e. The van der Waals surface area contributed by atoms with Crippen LogP contribution in [0.1, 0.15) is 72.9 Å². The number of halogens is 1. The van der Waals surface area contributed by atoms with Gasteiger partial charge in [0, 0.05) is 63.2 Å². The number of hydrogen-bond donors (Lipinski definition) is 0. The van der Waals surface area contributed by atoms with Crippen molar-refractivity contribution in [1.82, 2.24) is 19.9 Å². The zero-order chi connectivity index (χ0) is 65.0. The fourth-order valence-corrected chi connectivity index (χ4v) is 15.7. The van der Waals surface area contributed by atoms with Crippen LogP contribution >= 0.6 is 45.3 Å². The summed E-state index contributed by atoms with van der Waals surface area (Å²) >= 11 is 6.85. The summed E-state index contributed by atoms with van der Waals surface area (Å²) in [6.07, 6.45) is 8.61. The van der Waals surface area contributed by atoms with Crippen molar-refractivity contribution in [2.75, 3.05) is 0 Å². The lowest BCUT2D eigenvalue weighted by molar-refractivity contribution is -0.659. The largest absolute Gasteiger partial charge is 0.238 e. The number of thiazole rings is 4. The van der Waals surface area contributed by atoms with E-state index in [0.717, 1.165) is 53.0 Å². The van der Waals surface area contributed by atoms with Gasteiger partial charge in [0.25, 0.3) is 0 Å². The molecular formula is C80H75FN8S4+4. The van der Waals surface area contributed by atoms with Gasteiger partial charge in [0.2, 0.25) is 22.8 Å². The molecule has 7 aromatic carbocycles. The highest BCUT2D eigenvalue weighted by Crippen LogP contribution is 2.41. The molecule has 13 heteroatoms. The normalized spacial score (nSPS) is 11.3. The number of pyridine rings is 4. The summed E-state index contributed by atoms with van der Waals surface area (Å²) in [6, 6.07) is 66.2. The number of nitrogens with zero attached hydrogens (tertiary/aromatic N) is 8. The molecule has 0 spiro atoms. The van der Waals surface area contributed by atoms with Gasteiger partial charge in [-0.15, -0.1) is 45.3 Å². The SMILES string of the molecule is Cc1ccccc1-c1cc2nc(-c3c(C(C)C)cccc3C(C)C)sc2c[n+]1C.Cc1ccccc1-c1cc2nc(-c3ccc(F)cc3)sc2c[n+]1C.Cc1ccccc1-c1cc2nc(-c3ccccc3)sc2c[n+]1C.Cc1ccccc1-c1cc2scnc2c[n+]1C. The van der Waals surface area contributed by atoms with Crippen molar-refractivity contribution in [2.45, 2.75) is 67.2 Å². The fourth-order valence-electron chi connectivity index (χ4n) is 11.8. The van der Waals surface area contributed by atoms with Crippen molar-refractivity contribution in [3.05, 3.63) is 264 Å². The number of aromatic nitrogens is 8. The van der Waals surface area contributed by atoms with Gasteiger partial charge in [0.05, 0.1) is 26.8 Å². The predicted molar refractivity (Wildman–Crippen MR) is 388 cm³/mol. The van der Waals surface area contributed by atoms with Crippen molar-refractivity contribution in [1.29, 1.82) is 0 Å². The molecule has 0 amide bonds. The monoisotopic (exact) mass is 1290 g/mol. The van der Waals surface area contributed by atoms with E-state index in [4.69, 9.17) is 15.0 Å². The Labute approximate surface area is 560 Å². The third kappa shape index (κ3) is 13.9. The molecule has 15 aromatic rings. The Balaban J connectivity index is 0.000000121. The first-order chi connectivity index (χ1) is 45.0. The van der Waals surface area contributed by atoms with E-state index in [1.54, 1.807) is 57.5 Å². The maximum absolute atomic E-state index is 13.1. The summed E-state index contributed by atoms with van der Waals surface area (Å²) in [7, 11) is 8.35. The van der Waals surface area contributed by atoms with E-state index in [1.165, 1.54) is 110 Å². The second kappa shape index (κ2) is 27.8. The van der Waals surface area contributed by atoms with Crippen molar-refractivity contribution < 1.29 is 22.7 Å². The average molecular weight is 1300 g/mol. The number of hydrogen-bond acceptors (Lipinski definition) is 8. The minimum absolute atomic E-state index is 0.229. The van der Waals surface area contributed by atoms with Crippen molar-refractivity contribution >= 4 is 86.2 Å². The Hall–Kier alpha value is -9.37. The predicted octanol–water partition coefficient (Wildman–Crippen LogP) is 19.8. The molecule has 0 aliphatic rings.